The van der Waals surface area contributed by atoms with Crippen molar-refractivity contribution in [1.82, 2.24) is 4.90 Å². The third kappa shape index (κ3) is 3.37. The maximum absolute atomic E-state index is 12.7. The lowest BCUT2D eigenvalue weighted by Gasteiger charge is -2.27. The molecule has 120 valence electrons. The molecule has 6 nitrogen and oxygen atoms in total. The van der Waals surface area contributed by atoms with E-state index in [1.54, 1.807) is 17.0 Å². The highest BCUT2D eigenvalue weighted by atomic mass is 16.6. The zero-order valence-corrected chi connectivity index (χ0v) is 13.2. The van der Waals surface area contributed by atoms with Crippen LogP contribution in [0.2, 0.25) is 0 Å². The van der Waals surface area contributed by atoms with Crippen molar-refractivity contribution < 1.29 is 9.72 Å². The second-order valence-electron chi connectivity index (χ2n) is 5.48. The Morgan fingerprint density at radius 1 is 1.23 bits per heavy atom. The van der Waals surface area contributed by atoms with Gasteiger partial charge in [0.2, 0.25) is 0 Å². The molecule has 1 aliphatic rings. The molecule has 0 bridgehead atoms. The van der Waals surface area contributed by atoms with Gasteiger partial charge in [-0.2, -0.15) is 0 Å². The van der Waals surface area contributed by atoms with Crippen LogP contribution in [0.1, 0.15) is 43.5 Å². The Balaban J connectivity index is 2.38. The highest BCUT2D eigenvalue weighted by Gasteiger charge is 2.26. The summed E-state index contributed by atoms with van der Waals surface area (Å²) in [4.78, 5) is 27.3. The van der Waals surface area contributed by atoms with Crippen molar-refractivity contribution in [2.75, 3.05) is 31.1 Å². The van der Waals surface area contributed by atoms with Crippen LogP contribution in [0.5, 0.6) is 0 Å². The van der Waals surface area contributed by atoms with Gasteiger partial charge in [0.05, 0.1) is 4.92 Å². The van der Waals surface area contributed by atoms with E-state index < -0.39 is 4.92 Å². The first-order chi connectivity index (χ1) is 10.6. The summed E-state index contributed by atoms with van der Waals surface area (Å²) in [7, 11) is 0. The van der Waals surface area contributed by atoms with Gasteiger partial charge < -0.3 is 9.80 Å². The molecule has 0 unspecified atom stereocenters. The summed E-state index contributed by atoms with van der Waals surface area (Å²) < 4.78 is 0. The number of hydrogen-bond acceptors (Lipinski definition) is 4. The average molecular weight is 305 g/mol. The number of amides is 1. The molecule has 0 N–H and O–H groups in total. The van der Waals surface area contributed by atoms with E-state index in [4.69, 9.17) is 0 Å². The van der Waals surface area contributed by atoms with Gasteiger partial charge in [-0.05, 0) is 45.2 Å². The number of rotatable bonds is 5. The smallest absolute Gasteiger partial charge is 0.282 e. The van der Waals surface area contributed by atoms with Gasteiger partial charge in [0.25, 0.3) is 11.6 Å². The lowest BCUT2D eigenvalue weighted by Crippen LogP contribution is -2.36. The van der Waals surface area contributed by atoms with Gasteiger partial charge in [-0.1, -0.05) is 0 Å². The van der Waals surface area contributed by atoms with Gasteiger partial charge in [-0.15, -0.1) is 0 Å². The van der Waals surface area contributed by atoms with Crippen LogP contribution in [0.15, 0.2) is 18.2 Å². The molecule has 1 saturated heterocycles. The number of piperidine rings is 1. The number of nitrogens with zero attached hydrogens (tertiary/aromatic N) is 3. The summed E-state index contributed by atoms with van der Waals surface area (Å²) in [6, 6.07) is 4.84. The van der Waals surface area contributed by atoms with E-state index >= 15 is 0 Å². The van der Waals surface area contributed by atoms with Gasteiger partial charge in [-0.25, -0.2) is 0 Å². The number of nitro benzene ring substituents is 1. The van der Waals surface area contributed by atoms with Crippen LogP contribution in [0.25, 0.3) is 0 Å². The molecular weight excluding hydrogens is 282 g/mol. The minimum absolute atomic E-state index is 0.105. The molecule has 0 saturated carbocycles. The molecule has 22 heavy (non-hydrogen) atoms. The van der Waals surface area contributed by atoms with Crippen molar-refractivity contribution >= 4 is 17.3 Å². The molecule has 0 atom stereocenters. The molecular formula is C16H23N3O3. The van der Waals surface area contributed by atoms with Gasteiger partial charge in [-0.3, -0.25) is 14.9 Å². The summed E-state index contributed by atoms with van der Waals surface area (Å²) in [6.45, 7) is 7.02. The normalized spacial score (nSPS) is 14.7. The molecule has 6 heteroatoms. The maximum Gasteiger partial charge on any atom is 0.282 e. The molecule has 1 aromatic carbocycles. The Morgan fingerprint density at radius 3 is 2.41 bits per heavy atom. The van der Waals surface area contributed by atoms with Gasteiger partial charge in [0, 0.05) is 37.9 Å². The van der Waals surface area contributed by atoms with E-state index in [0.717, 1.165) is 38.0 Å². The average Bonchev–Trinajstić information content (AvgIpc) is 2.56. The van der Waals surface area contributed by atoms with E-state index in [0.29, 0.717) is 13.1 Å². The fourth-order valence-corrected chi connectivity index (χ4v) is 2.91. The third-order valence-corrected chi connectivity index (χ3v) is 4.18. The van der Waals surface area contributed by atoms with Crippen LogP contribution in [0, 0.1) is 10.1 Å². The number of hydrogen-bond donors (Lipinski definition) is 0. The zero-order chi connectivity index (χ0) is 16.1. The number of nitro groups is 1. The second kappa shape index (κ2) is 7.24. The molecule has 0 aliphatic carbocycles. The molecule has 0 aromatic heterocycles. The Bertz CT molecular complexity index is 550. The summed E-state index contributed by atoms with van der Waals surface area (Å²) in [5.74, 6) is -0.222. The van der Waals surface area contributed by atoms with E-state index in [9.17, 15) is 14.9 Å². The van der Waals surface area contributed by atoms with Crippen molar-refractivity contribution in [1.29, 1.82) is 0 Å². The van der Waals surface area contributed by atoms with Crippen LogP contribution in [0.3, 0.4) is 0 Å². The second-order valence-corrected chi connectivity index (χ2v) is 5.48. The van der Waals surface area contributed by atoms with E-state index in [2.05, 4.69) is 4.90 Å². The number of likely N-dealkylation sites (tertiary alicyclic amines) is 1. The van der Waals surface area contributed by atoms with Gasteiger partial charge in [0.1, 0.15) is 5.56 Å². The van der Waals surface area contributed by atoms with Crippen molar-refractivity contribution in [2.45, 2.75) is 33.1 Å². The number of benzene rings is 1. The quantitative estimate of drug-likeness (QED) is 0.619. The maximum atomic E-state index is 12.7. The Kier molecular flexibility index (Phi) is 5.35. The Morgan fingerprint density at radius 2 is 1.86 bits per heavy atom. The van der Waals surface area contributed by atoms with Crippen LogP contribution in [-0.4, -0.2) is 41.9 Å². The van der Waals surface area contributed by atoms with Crippen molar-refractivity contribution in [2.24, 2.45) is 0 Å². The van der Waals surface area contributed by atoms with Crippen LogP contribution < -0.4 is 4.90 Å². The standard InChI is InChI=1S/C16H23N3O3/c1-3-17(4-2)13-8-9-15(19(21)22)14(12-13)16(20)18-10-6-5-7-11-18/h8-9,12H,3-7,10-11H2,1-2H3. The minimum Gasteiger partial charge on any atom is -0.372 e. The molecule has 1 heterocycles. The highest BCUT2D eigenvalue weighted by molar-refractivity contribution is 5.99. The molecule has 1 aliphatic heterocycles. The van der Waals surface area contributed by atoms with Gasteiger partial charge in [0.15, 0.2) is 0 Å². The van der Waals surface area contributed by atoms with Crippen LogP contribution in [0.4, 0.5) is 11.4 Å². The van der Waals surface area contributed by atoms with E-state index in [-0.39, 0.29) is 17.2 Å². The Hall–Kier alpha value is -2.11. The van der Waals surface area contributed by atoms with Crippen LogP contribution >= 0.6 is 0 Å². The summed E-state index contributed by atoms with van der Waals surface area (Å²) in [5.41, 5.74) is 0.957. The fourth-order valence-electron chi connectivity index (χ4n) is 2.91. The molecule has 2 rings (SSSR count). The van der Waals surface area contributed by atoms with Crippen LogP contribution in [-0.2, 0) is 0 Å². The molecule has 1 fully saturated rings. The summed E-state index contributed by atoms with van der Waals surface area (Å²) in [6.07, 6.45) is 3.05. The third-order valence-electron chi connectivity index (χ3n) is 4.18. The largest absolute Gasteiger partial charge is 0.372 e. The summed E-state index contributed by atoms with van der Waals surface area (Å²) >= 11 is 0. The van der Waals surface area contributed by atoms with Crippen molar-refractivity contribution in [3.05, 3.63) is 33.9 Å². The number of carbonyl (C=O) groups is 1. The number of anilines is 1. The van der Waals surface area contributed by atoms with Crippen molar-refractivity contribution in [3.63, 3.8) is 0 Å². The highest BCUT2D eigenvalue weighted by Crippen LogP contribution is 2.27. The zero-order valence-electron chi connectivity index (χ0n) is 13.2. The summed E-state index contributed by atoms with van der Waals surface area (Å²) in [5, 5.41) is 11.3. The molecule has 0 spiro atoms. The number of carbonyl (C=O) groups excluding carboxylic acids is 1. The molecule has 0 radical (unpaired) electrons. The SMILES string of the molecule is CCN(CC)c1ccc([N+](=O)[O-])c(C(=O)N2CCCCC2)c1. The van der Waals surface area contributed by atoms with Gasteiger partial charge >= 0.3 is 0 Å². The predicted molar refractivity (Wildman–Crippen MR) is 86.4 cm³/mol. The molecule has 1 aromatic rings. The Labute approximate surface area is 130 Å². The monoisotopic (exact) mass is 305 g/mol. The first kappa shape index (κ1) is 16.3. The predicted octanol–water partition coefficient (Wildman–Crippen LogP) is 3.07. The lowest BCUT2D eigenvalue weighted by molar-refractivity contribution is -0.385. The first-order valence-corrected chi connectivity index (χ1v) is 7.91. The fraction of sp³-hybridized carbons (Fsp3) is 0.562. The topological polar surface area (TPSA) is 66.7 Å². The van der Waals surface area contributed by atoms with Crippen molar-refractivity contribution in [3.8, 4) is 0 Å². The minimum atomic E-state index is -0.469. The van der Waals surface area contributed by atoms with E-state index in [1.807, 2.05) is 13.8 Å². The lowest BCUT2D eigenvalue weighted by atomic mass is 10.1. The molecule has 1 amide bonds. The first-order valence-electron chi connectivity index (χ1n) is 7.91. The van der Waals surface area contributed by atoms with E-state index in [1.165, 1.54) is 6.07 Å².